The molecular weight excluding hydrogens is 264 g/mol. The van der Waals surface area contributed by atoms with E-state index >= 15 is 0 Å². The Bertz CT molecular complexity index is 584. The van der Waals surface area contributed by atoms with E-state index in [1.54, 1.807) is 0 Å². The van der Waals surface area contributed by atoms with Crippen LogP contribution >= 0.6 is 0 Å². The Morgan fingerprint density at radius 2 is 1.76 bits per heavy atom. The molecule has 2 aromatic carbocycles. The van der Waals surface area contributed by atoms with Crippen molar-refractivity contribution in [2.45, 2.75) is 13.0 Å². The van der Waals surface area contributed by atoms with Gasteiger partial charge in [-0.1, -0.05) is 36.4 Å². The average Bonchev–Trinajstić information content (AvgIpc) is 2.54. The summed E-state index contributed by atoms with van der Waals surface area (Å²) in [5.74, 6) is 0.513. The summed E-state index contributed by atoms with van der Waals surface area (Å²) in [7, 11) is 1.89. The lowest BCUT2D eigenvalue weighted by atomic mass is 10.1. The van der Waals surface area contributed by atoms with Gasteiger partial charge in [-0.3, -0.25) is 4.79 Å². The number of ether oxygens (including phenoxy) is 1. The van der Waals surface area contributed by atoms with Gasteiger partial charge in [0.2, 0.25) is 0 Å². The van der Waals surface area contributed by atoms with Crippen LogP contribution < -0.4 is 15.4 Å². The minimum atomic E-state index is -0.172. The third-order valence-electron chi connectivity index (χ3n) is 3.25. The van der Waals surface area contributed by atoms with Crippen molar-refractivity contribution in [3.63, 3.8) is 0 Å². The molecule has 2 rings (SSSR count). The molecule has 1 amide bonds. The maximum atomic E-state index is 12.0. The molecule has 21 heavy (non-hydrogen) atoms. The Balaban J connectivity index is 1.97. The Morgan fingerprint density at radius 3 is 2.48 bits per heavy atom. The lowest BCUT2D eigenvalue weighted by Gasteiger charge is -2.16. The fraction of sp³-hybridized carbons (Fsp3) is 0.235. The fourth-order valence-electron chi connectivity index (χ4n) is 2.00. The van der Waals surface area contributed by atoms with E-state index in [4.69, 9.17) is 4.74 Å². The number of para-hydroxylation sites is 2. The smallest absolute Gasteiger partial charge is 0.262 e. The topological polar surface area (TPSA) is 50.4 Å². The minimum absolute atomic E-state index is 0.00766. The molecule has 0 bridgehead atoms. The molecule has 0 aliphatic heterocycles. The number of carbonyl (C=O) groups excluding carboxylic acids is 1. The predicted molar refractivity (Wildman–Crippen MR) is 84.5 cm³/mol. The standard InChI is InChI=1S/C17H20N2O2/c1-13(18-2)15-10-6-7-11-16(15)19-17(20)12-21-14-8-4-3-5-9-14/h3-11,13,18H,12H2,1-2H3,(H,19,20). The highest BCUT2D eigenvalue weighted by Crippen LogP contribution is 2.22. The van der Waals surface area contributed by atoms with E-state index in [1.807, 2.05) is 68.6 Å². The van der Waals surface area contributed by atoms with E-state index in [2.05, 4.69) is 10.6 Å². The molecule has 0 saturated carbocycles. The third-order valence-corrected chi connectivity index (χ3v) is 3.25. The van der Waals surface area contributed by atoms with Crippen molar-refractivity contribution in [2.24, 2.45) is 0 Å². The second kappa shape index (κ2) is 7.45. The first kappa shape index (κ1) is 15.1. The van der Waals surface area contributed by atoms with Crippen LogP contribution in [0.25, 0.3) is 0 Å². The summed E-state index contributed by atoms with van der Waals surface area (Å²) in [6.45, 7) is 2.04. The van der Waals surface area contributed by atoms with Crippen LogP contribution in [0.1, 0.15) is 18.5 Å². The highest BCUT2D eigenvalue weighted by molar-refractivity contribution is 5.92. The van der Waals surface area contributed by atoms with Crippen LogP contribution in [0, 0.1) is 0 Å². The number of benzene rings is 2. The Hall–Kier alpha value is -2.33. The highest BCUT2D eigenvalue weighted by atomic mass is 16.5. The molecule has 0 fully saturated rings. The normalized spacial score (nSPS) is 11.7. The van der Waals surface area contributed by atoms with Gasteiger partial charge < -0.3 is 15.4 Å². The van der Waals surface area contributed by atoms with E-state index in [9.17, 15) is 4.79 Å². The zero-order valence-corrected chi connectivity index (χ0v) is 12.3. The summed E-state index contributed by atoms with van der Waals surface area (Å²) in [5, 5.41) is 6.06. The molecule has 2 N–H and O–H groups in total. The van der Waals surface area contributed by atoms with Crippen LogP contribution in [-0.2, 0) is 4.79 Å². The minimum Gasteiger partial charge on any atom is -0.484 e. The summed E-state index contributed by atoms with van der Waals surface area (Å²) in [6.07, 6.45) is 0. The third kappa shape index (κ3) is 4.33. The van der Waals surface area contributed by atoms with Crippen molar-refractivity contribution >= 4 is 11.6 Å². The Labute approximate surface area is 125 Å². The first-order valence-corrected chi connectivity index (χ1v) is 6.94. The van der Waals surface area contributed by atoms with Gasteiger partial charge in [0.1, 0.15) is 5.75 Å². The van der Waals surface area contributed by atoms with Gasteiger partial charge in [-0.15, -0.1) is 0 Å². The van der Waals surface area contributed by atoms with Crippen molar-refractivity contribution in [3.8, 4) is 5.75 Å². The number of hydrogen-bond donors (Lipinski definition) is 2. The Morgan fingerprint density at radius 1 is 1.10 bits per heavy atom. The number of anilines is 1. The van der Waals surface area contributed by atoms with Crippen molar-refractivity contribution in [3.05, 3.63) is 60.2 Å². The molecule has 2 aromatic rings. The van der Waals surface area contributed by atoms with Crippen LogP contribution in [0.15, 0.2) is 54.6 Å². The van der Waals surface area contributed by atoms with Crippen LogP contribution in [0.4, 0.5) is 5.69 Å². The van der Waals surface area contributed by atoms with Gasteiger partial charge in [-0.25, -0.2) is 0 Å². The predicted octanol–water partition coefficient (Wildman–Crippen LogP) is 2.98. The zero-order chi connectivity index (χ0) is 15.1. The van der Waals surface area contributed by atoms with Crippen LogP contribution in [0.2, 0.25) is 0 Å². The monoisotopic (exact) mass is 284 g/mol. The molecule has 0 heterocycles. The molecule has 4 heteroatoms. The molecule has 1 unspecified atom stereocenters. The molecule has 0 saturated heterocycles. The molecule has 0 radical (unpaired) electrons. The maximum Gasteiger partial charge on any atom is 0.262 e. The van der Waals surface area contributed by atoms with Crippen LogP contribution in [0.3, 0.4) is 0 Å². The van der Waals surface area contributed by atoms with Gasteiger partial charge in [0, 0.05) is 11.7 Å². The Kier molecular flexibility index (Phi) is 5.35. The molecule has 110 valence electrons. The summed E-state index contributed by atoms with van der Waals surface area (Å²) in [5.41, 5.74) is 1.86. The zero-order valence-electron chi connectivity index (χ0n) is 12.3. The lowest BCUT2D eigenvalue weighted by molar-refractivity contribution is -0.118. The number of hydrogen-bond acceptors (Lipinski definition) is 3. The lowest BCUT2D eigenvalue weighted by Crippen LogP contribution is -2.22. The van der Waals surface area contributed by atoms with Gasteiger partial charge >= 0.3 is 0 Å². The van der Waals surface area contributed by atoms with E-state index in [1.165, 1.54) is 0 Å². The van der Waals surface area contributed by atoms with Gasteiger partial charge in [0.25, 0.3) is 5.91 Å². The first-order valence-electron chi connectivity index (χ1n) is 6.94. The quantitative estimate of drug-likeness (QED) is 0.857. The van der Waals surface area contributed by atoms with Crippen molar-refractivity contribution in [1.29, 1.82) is 0 Å². The molecule has 0 aliphatic rings. The van der Waals surface area contributed by atoms with Gasteiger partial charge in [-0.05, 0) is 37.7 Å². The SMILES string of the molecule is CNC(C)c1ccccc1NC(=O)COc1ccccc1. The summed E-state index contributed by atoms with van der Waals surface area (Å²) in [6, 6.07) is 17.2. The van der Waals surface area contributed by atoms with Crippen molar-refractivity contribution in [1.82, 2.24) is 5.32 Å². The molecular formula is C17H20N2O2. The number of amides is 1. The number of nitrogens with one attached hydrogen (secondary N) is 2. The second-order valence-electron chi connectivity index (χ2n) is 4.75. The molecule has 4 nitrogen and oxygen atoms in total. The van der Waals surface area contributed by atoms with E-state index in [0.29, 0.717) is 5.75 Å². The van der Waals surface area contributed by atoms with Crippen molar-refractivity contribution < 1.29 is 9.53 Å². The number of rotatable bonds is 6. The molecule has 0 aliphatic carbocycles. The largest absolute Gasteiger partial charge is 0.484 e. The van der Waals surface area contributed by atoms with E-state index in [-0.39, 0.29) is 18.6 Å². The number of carbonyl (C=O) groups is 1. The molecule has 1 atom stereocenters. The van der Waals surface area contributed by atoms with Gasteiger partial charge in [0.05, 0.1) is 0 Å². The van der Waals surface area contributed by atoms with E-state index < -0.39 is 0 Å². The van der Waals surface area contributed by atoms with Crippen LogP contribution in [-0.4, -0.2) is 19.6 Å². The maximum absolute atomic E-state index is 12.0. The second-order valence-corrected chi connectivity index (χ2v) is 4.75. The van der Waals surface area contributed by atoms with E-state index in [0.717, 1.165) is 11.3 Å². The molecule has 0 aromatic heterocycles. The summed E-state index contributed by atoms with van der Waals surface area (Å²) in [4.78, 5) is 12.0. The first-order chi connectivity index (χ1) is 10.2. The van der Waals surface area contributed by atoms with Gasteiger partial charge in [-0.2, -0.15) is 0 Å². The van der Waals surface area contributed by atoms with Crippen molar-refractivity contribution in [2.75, 3.05) is 19.0 Å². The fourth-order valence-corrected chi connectivity index (χ4v) is 2.00. The summed E-state index contributed by atoms with van der Waals surface area (Å²) < 4.78 is 5.44. The molecule has 0 spiro atoms. The van der Waals surface area contributed by atoms with Gasteiger partial charge in [0.15, 0.2) is 6.61 Å². The van der Waals surface area contributed by atoms with Crippen LogP contribution in [0.5, 0.6) is 5.75 Å². The highest BCUT2D eigenvalue weighted by Gasteiger charge is 2.11. The average molecular weight is 284 g/mol. The summed E-state index contributed by atoms with van der Waals surface area (Å²) >= 11 is 0.